The maximum atomic E-state index is 11.7. The summed E-state index contributed by atoms with van der Waals surface area (Å²) in [6.45, 7) is 5.81. The van der Waals surface area contributed by atoms with Gasteiger partial charge >= 0.3 is 0 Å². The quantitative estimate of drug-likeness (QED) is 0.216. The molecule has 0 saturated carbocycles. The van der Waals surface area contributed by atoms with Crippen LogP contribution in [0.3, 0.4) is 0 Å². The van der Waals surface area contributed by atoms with Gasteiger partial charge in [-0.3, -0.25) is 4.79 Å². The molecule has 1 aromatic rings. The van der Waals surface area contributed by atoms with Crippen molar-refractivity contribution in [2.75, 3.05) is 33.4 Å². The van der Waals surface area contributed by atoms with Crippen LogP contribution in [0.15, 0.2) is 33.7 Å². The van der Waals surface area contributed by atoms with E-state index in [1.165, 1.54) is 0 Å². The fraction of sp³-hybridized carbons (Fsp3) is 0.500. The van der Waals surface area contributed by atoms with Gasteiger partial charge in [-0.1, -0.05) is 34.1 Å². The van der Waals surface area contributed by atoms with E-state index in [0.717, 1.165) is 16.6 Å². The van der Waals surface area contributed by atoms with Crippen molar-refractivity contribution >= 4 is 51.8 Å². The Hall–Kier alpha value is -0.870. The van der Waals surface area contributed by atoms with E-state index in [9.17, 15) is 4.79 Å². The molecule has 0 saturated heterocycles. The summed E-state index contributed by atoms with van der Waals surface area (Å²) in [6, 6.07) is 8.07. The highest BCUT2D eigenvalue weighted by Crippen LogP contribution is 2.22. The molecule has 3 N–H and O–H groups in total. The van der Waals surface area contributed by atoms with Crippen LogP contribution in [0.2, 0.25) is 0 Å². The van der Waals surface area contributed by atoms with Gasteiger partial charge in [0.1, 0.15) is 6.54 Å². The van der Waals surface area contributed by atoms with Crippen LogP contribution in [0.25, 0.3) is 0 Å². The van der Waals surface area contributed by atoms with E-state index in [-0.39, 0.29) is 42.5 Å². The fourth-order valence-corrected chi connectivity index (χ4v) is 2.56. The number of hydrogen-bond donors (Lipinski definition) is 3. The number of methoxy groups -OCH3 is 1. The lowest BCUT2D eigenvalue weighted by Gasteiger charge is -2.19. The van der Waals surface area contributed by atoms with Crippen LogP contribution in [-0.4, -0.2) is 45.2 Å². The van der Waals surface area contributed by atoms with Crippen molar-refractivity contribution in [1.82, 2.24) is 16.0 Å². The minimum Gasteiger partial charge on any atom is -0.383 e. The summed E-state index contributed by atoms with van der Waals surface area (Å²) < 4.78 is 5.92. The average molecular weight is 513 g/mol. The molecule has 0 fully saturated rings. The van der Waals surface area contributed by atoms with Crippen molar-refractivity contribution in [2.45, 2.75) is 19.9 Å². The zero-order valence-corrected chi connectivity index (χ0v) is 18.2. The molecule has 0 spiro atoms. The Morgan fingerprint density at radius 1 is 1.33 bits per heavy atom. The van der Waals surface area contributed by atoms with Crippen LogP contribution < -0.4 is 16.0 Å². The SMILES string of the molecule is CCNC(=NCC(=O)NCCOC)NC(C)c1ccccc1Br.I. The Labute approximate surface area is 169 Å². The highest BCUT2D eigenvalue weighted by molar-refractivity contribution is 14.0. The number of aliphatic imine (C=N–C) groups is 1. The Morgan fingerprint density at radius 2 is 2.04 bits per heavy atom. The van der Waals surface area contributed by atoms with E-state index in [4.69, 9.17) is 4.74 Å². The molecule has 8 heteroatoms. The van der Waals surface area contributed by atoms with Crippen LogP contribution in [0.5, 0.6) is 0 Å². The maximum Gasteiger partial charge on any atom is 0.241 e. The van der Waals surface area contributed by atoms with Crippen LogP contribution in [0.1, 0.15) is 25.5 Å². The number of nitrogens with one attached hydrogen (secondary N) is 3. The minimum atomic E-state index is -0.132. The van der Waals surface area contributed by atoms with Gasteiger partial charge in [-0.2, -0.15) is 0 Å². The van der Waals surface area contributed by atoms with E-state index >= 15 is 0 Å². The number of amides is 1. The largest absolute Gasteiger partial charge is 0.383 e. The summed E-state index contributed by atoms with van der Waals surface area (Å²) in [6.07, 6.45) is 0. The summed E-state index contributed by atoms with van der Waals surface area (Å²) in [5, 5.41) is 9.19. The first-order chi connectivity index (χ1) is 11.1. The third kappa shape index (κ3) is 8.84. The molecule has 1 unspecified atom stereocenters. The smallest absolute Gasteiger partial charge is 0.241 e. The van der Waals surface area contributed by atoms with Gasteiger partial charge in [-0.15, -0.1) is 24.0 Å². The minimum absolute atomic E-state index is 0. The molecule has 6 nitrogen and oxygen atoms in total. The first-order valence-electron chi connectivity index (χ1n) is 7.63. The van der Waals surface area contributed by atoms with Crippen molar-refractivity contribution in [1.29, 1.82) is 0 Å². The molecule has 1 amide bonds. The Kier molecular flexibility index (Phi) is 12.9. The van der Waals surface area contributed by atoms with Gasteiger partial charge in [0, 0.05) is 24.7 Å². The fourth-order valence-electron chi connectivity index (χ4n) is 1.93. The molecule has 0 aliphatic rings. The van der Waals surface area contributed by atoms with E-state index in [1.54, 1.807) is 7.11 Å². The lowest BCUT2D eigenvalue weighted by Crippen LogP contribution is -2.40. The van der Waals surface area contributed by atoms with Gasteiger partial charge in [-0.05, 0) is 25.5 Å². The van der Waals surface area contributed by atoms with E-state index in [2.05, 4.69) is 36.9 Å². The highest BCUT2D eigenvalue weighted by Gasteiger charge is 2.10. The monoisotopic (exact) mass is 512 g/mol. The number of nitrogens with zero attached hydrogens (tertiary/aromatic N) is 1. The molecule has 0 radical (unpaired) electrons. The lowest BCUT2D eigenvalue weighted by molar-refractivity contribution is -0.119. The number of hydrogen-bond acceptors (Lipinski definition) is 3. The van der Waals surface area contributed by atoms with Crippen molar-refractivity contribution < 1.29 is 9.53 Å². The third-order valence-corrected chi connectivity index (χ3v) is 3.80. The summed E-state index contributed by atoms with van der Waals surface area (Å²) in [5.41, 5.74) is 1.13. The maximum absolute atomic E-state index is 11.7. The second-order valence-electron chi connectivity index (χ2n) is 4.93. The van der Waals surface area contributed by atoms with E-state index < -0.39 is 0 Å². The second kappa shape index (κ2) is 13.4. The van der Waals surface area contributed by atoms with Gasteiger partial charge in [0.25, 0.3) is 0 Å². The molecule has 0 heterocycles. The molecule has 1 atom stereocenters. The molecule has 0 aliphatic carbocycles. The van der Waals surface area contributed by atoms with E-state index in [1.807, 2.05) is 38.1 Å². The summed E-state index contributed by atoms with van der Waals surface area (Å²) in [5.74, 6) is 0.477. The molecule has 0 aromatic heterocycles. The number of rotatable bonds is 8. The van der Waals surface area contributed by atoms with E-state index in [0.29, 0.717) is 19.1 Å². The Balaban J connectivity index is 0.00000529. The van der Waals surface area contributed by atoms with Crippen molar-refractivity contribution in [3.8, 4) is 0 Å². The first kappa shape index (κ1) is 23.1. The lowest BCUT2D eigenvalue weighted by atomic mass is 10.1. The van der Waals surface area contributed by atoms with Crippen LogP contribution in [0.4, 0.5) is 0 Å². The molecular formula is C16H26BrIN4O2. The van der Waals surface area contributed by atoms with Crippen molar-refractivity contribution in [3.05, 3.63) is 34.3 Å². The Morgan fingerprint density at radius 3 is 2.67 bits per heavy atom. The molecule has 1 rings (SSSR count). The molecular weight excluding hydrogens is 487 g/mol. The summed E-state index contributed by atoms with van der Waals surface area (Å²) >= 11 is 3.55. The van der Waals surface area contributed by atoms with Gasteiger partial charge in [0.05, 0.1) is 12.6 Å². The predicted molar refractivity (Wildman–Crippen MR) is 112 cm³/mol. The van der Waals surface area contributed by atoms with Crippen LogP contribution in [-0.2, 0) is 9.53 Å². The molecule has 24 heavy (non-hydrogen) atoms. The first-order valence-corrected chi connectivity index (χ1v) is 8.42. The van der Waals surface area contributed by atoms with Crippen molar-refractivity contribution in [3.63, 3.8) is 0 Å². The number of carbonyl (C=O) groups excluding carboxylic acids is 1. The van der Waals surface area contributed by atoms with Crippen molar-refractivity contribution in [2.24, 2.45) is 4.99 Å². The summed E-state index contributed by atoms with van der Waals surface area (Å²) in [7, 11) is 1.60. The number of guanidine groups is 1. The average Bonchev–Trinajstić information content (AvgIpc) is 2.53. The molecule has 1 aromatic carbocycles. The van der Waals surface area contributed by atoms with Gasteiger partial charge in [-0.25, -0.2) is 4.99 Å². The predicted octanol–water partition coefficient (Wildman–Crippen LogP) is 2.45. The van der Waals surface area contributed by atoms with Gasteiger partial charge < -0.3 is 20.7 Å². The highest BCUT2D eigenvalue weighted by atomic mass is 127. The molecule has 0 bridgehead atoms. The zero-order chi connectivity index (χ0) is 17.1. The Bertz CT molecular complexity index is 529. The van der Waals surface area contributed by atoms with Gasteiger partial charge in [0.2, 0.25) is 5.91 Å². The molecule has 0 aliphatic heterocycles. The molecule has 136 valence electrons. The second-order valence-corrected chi connectivity index (χ2v) is 5.78. The van der Waals surface area contributed by atoms with Crippen LogP contribution >= 0.6 is 39.9 Å². The third-order valence-electron chi connectivity index (χ3n) is 3.08. The number of ether oxygens (including phenoxy) is 1. The summed E-state index contributed by atoms with van der Waals surface area (Å²) in [4.78, 5) is 16.0. The van der Waals surface area contributed by atoms with Crippen LogP contribution in [0, 0.1) is 0 Å². The number of halogens is 2. The number of carbonyl (C=O) groups is 1. The topological polar surface area (TPSA) is 74.8 Å². The normalized spacial score (nSPS) is 12.1. The zero-order valence-electron chi connectivity index (χ0n) is 14.3. The number of benzene rings is 1. The standard InChI is InChI=1S/C16H25BrN4O2.HI/c1-4-18-16(20-11-15(22)19-9-10-23-3)21-12(2)13-7-5-6-8-14(13)17;/h5-8,12H,4,9-11H2,1-3H3,(H,19,22)(H2,18,20,21);1H. The van der Waals surface area contributed by atoms with Gasteiger partial charge in [0.15, 0.2) is 5.96 Å².